The zero-order chi connectivity index (χ0) is 15.6. The predicted octanol–water partition coefficient (Wildman–Crippen LogP) is 2.00. The minimum atomic E-state index is -0.305. The van der Waals surface area contributed by atoms with Gasteiger partial charge >= 0.3 is 0 Å². The first kappa shape index (κ1) is 15.8. The van der Waals surface area contributed by atoms with E-state index in [9.17, 15) is 4.79 Å². The van der Waals surface area contributed by atoms with Crippen LogP contribution in [0.2, 0.25) is 0 Å². The minimum absolute atomic E-state index is 0.146. The van der Waals surface area contributed by atoms with Gasteiger partial charge in [0.25, 0.3) is 5.91 Å². The zero-order valence-corrected chi connectivity index (χ0v) is 14.3. The van der Waals surface area contributed by atoms with E-state index in [1.165, 1.54) is 0 Å². The van der Waals surface area contributed by atoms with Crippen LogP contribution in [0.15, 0.2) is 33.9 Å². The lowest BCUT2D eigenvalue weighted by Crippen LogP contribution is -2.46. The monoisotopic (exact) mass is 369 g/mol. The lowest BCUT2D eigenvalue weighted by Gasteiger charge is -2.30. The van der Waals surface area contributed by atoms with E-state index in [0.717, 1.165) is 21.5 Å². The molecule has 0 aliphatic carbocycles. The number of likely N-dealkylation sites (N-methyl/N-ethyl adjacent to an activating group) is 1. The SMILES string of the molecule is CNC(=O)C1=C(C)NC(=S)N[C@H]1c1ccc(OC)c(Br)c1. The molecule has 1 aromatic rings. The van der Waals surface area contributed by atoms with E-state index in [-0.39, 0.29) is 11.9 Å². The molecule has 3 N–H and O–H groups in total. The maximum absolute atomic E-state index is 12.1. The molecular weight excluding hydrogens is 354 g/mol. The lowest BCUT2D eigenvalue weighted by molar-refractivity contribution is -0.117. The molecule has 2 rings (SSSR count). The van der Waals surface area contributed by atoms with Gasteiger partial charge in [-0.1, -0.05) is 6.07 Å². The van der Waals surface area contributed by atoms with Crippen molar-refractivity contribution in [3.05, 3.63) is 39.5 Å². The van der Waals surface area contributed by atoms with Crippen molar-refractivity contribution >= 4 is 39.2 Å². The molecule has 0 saturated heterocycles. The summed E-state index contributed by atoms with van der Waals surface area (Å²) < 4.78 is 6.05. The Labute approximate surface area is 137 Å². The summed E-state index contributed by atoms with van der Waals surface area (Å²) in [5.74, 6) is 0.587. The maximum Gasteiger partial charge on any atom is 0.251 e. The molecule has 0 unspecified atom stereocenters. The molecule has 1 aliphatic heterocycles. The van der Waals surface area contributed by atoms with Crippen molar-refractivity contribution in [2.75, 3.05) is 14.2 Å². The molecule has 0 spiro atoms. The molecular formula is C14H16BrN3O2S. The van der Waals surface area contributed by atoms with E-state index >= 15 is 0 Å². The summed E-state index contributed by atoms with van der Waals surface area (Å²) >= 11 is 8.65. The molecule has 0 radical (unpaired) electrons. The van der Waals surface area contributed by atoms with Gasteiger partial charge in [-0.05, 0) is 52.8 Å². The third kappa shape index (κ3) is 3.19. The Morgan fingerprint density at radius 3 is 2.76 bits per heavy atom. The zero-order valence-electron chi connectivity index (χ0n) is 11.9. The first-order valence-corrected chi connectivity index (χ1v) is 7.51. The van der Waals surface area contributed by atoms with Gasteiger partial charge in [0.2, 0.25) is 0 Å². The average molecular weight is 370 g/mol. The average Bonchev–Trinajstić information content (AvgIpc) is 2.45. The number of thiocarbonyl (C=S) groups is 1. The van der Waals surface area contributed by atoms with Crippen LogP contribution in [0.4, 0.5) is 0 Å². The standard InChI is InChI=1S/C14H16BrN3O2S/c1-7-11(13(19)16-2)12(18-14(21)17-7)8-4-5-10(20-3)9(15)6-8/h4-6,12H,1-3H3,(H,16,19)(H2,17,18,21)/t12-/m0/s1. The lowest BCUT2D eigenvalue weighted by atomic mass is 9.95. The smallest absolute Gasteiger partial charge is 0.251 e. The van der Waals surface area contributed by atoms with Crippen LogP contribution in [0.25, 0.3) is 0 Å². The van der Waals surface area contributed by atoms with Crippen molar-refractivity contribution in [2.45, 2.75) is 13.0 Å². The van der Waals surface area contributed by atoms with Crippen molar-refractivity contribution in [2.24, 2.45) is 0 Å². The minimum Gasteiger partial charge on any atom is -0.496 e. The van der Waals surface area contributed by atoms with Gasteiger partial charge in [0.05, 0.1) is 23.2 Å². The quantitative estimate of drug-likeness (QED) is 0.711. The number of ether oxygens (including phenoxy) is 1. The summed E-state index contributed by atoms with van der Waals surface area (Å²) in [6.07, 6.45) is 0. The Morgan fingerprint density at radius 1 is 1.48 bits per heavy atom. The normalized spacial score (nSPS) is 17.9. The highest BCUT2D eigenvalue weighted by atomic mass is 79.9. The number of hydrogen-bond donors (Lipinski definition) is 3. The number of nitrogens with one attached hydrogen (secondary N) is 3. The number of hydrogen-bond acceptors (Lipinski definition) is 3. The van der Waals surface area contributed by atoms with Crippen molar-refractivity contribution < 1.29 is 9.53 Å². The fourth-order valence-electron chi connectivity index (χ4n) is 2.24. The molecule has 1 atom stereocenters. The number of carbonyl (C=O) groups excluding carboxylic acids is 1. The van der Waals surface area contributed by atoms with Crippen LogP contribution >= 0.6 is 28.1 Å². The molecule has 1 heterocycles. The van der Waals surface area contributed by atoms with E-state index in [0.29, 0.717) is 10.7 Å². The van der Waals surface area contributed by atoms with Crippen LogP contribution < -0.4 is 20.7 Å². The molecule has 1 aliphatic rings. The van der Waals surface area contributed by atoms with Gasteiger partial charge in [0, 0.05) is 12.7 Å². The number of benzene rings is 1. The van der Waals surface area contributed by atoms with Crippen LogP contribution in [-0.4, -0.2) is 25.2 Å². The number of allylic oxidation sites excluding steroid dienone is 1. The molecule has 112 valence electrons. The van der Waals surface area contributed by atoms with Gasteiger partial charge in [-0.25, -0.2) is 0 Å². The molecule has 1 amide bonds. The van der Waals surface area contributed by atoms with Crippen LogP contribution in [0.5, 0.6) is 5.75 Å². The van der Waals surface area contributed by atoms with E-state index in [2.05, 4.69) is 31.9 Å². The van der Waals surface area contributed by atoms with E-state index in [1.54, 1.807) is 14.2 Å². The second-order valence-electron chi connectivity index (χ2n) is 4.54. The Morgan fingerprint density at radius 2 is 2.19 bits per heavy atom. The highest BCUT2D eigenvalue weighted by Crippen LogP contribution is 2.32. The van der Waals surface area contributed by atoms with Crippen molar-refractivity contribution in [3.63, 3.8) is 0 Å². The largest absolute Gasteiger partial charge is 0.496 e. The van der Waals surface area contributed by atoms with Gasteiger partial charge in [0.1, 0.15) is 5.75 Å². The van der Waals surface area contributed by atoms with Crippen molar-refractivity contribution in [1.29, 1.82) is 0 Å². The molecule has 0 fully saturated rings. The molecule has 7 heteroatoms. The third-order valence-corrected chi connectivity index (χ3v) is 4.09. The molecule has 0 aromatic heterocycles. The second-order valence-corrected chi connectivity index (χ2v) is 5.81. The van der Waals surface area contributed by atoms with E-state index in [4.69, 9.17) is 17.0 Å². The van der Waals surface area contributed by atoms with Gasteiger partial charge in [-0.15, -0.1) is 0 Å². The number of carbonyl (C=O) groups is 1. The fourth-order valence-corrected chi connectivity index (χ4v) is 3.07. The number of rotatable bonds is 3. The first-order chi connectivity index (χ1) is 9.97. The Balaban J connectivity index is 2.48. The summed E-state index contributed by atoms with van der Waals surface area (Å²) in [6, 6.07) is 5.37. The number of halogens is 1. The summed E-state index contributed by atoms with van der Waals surface area (Å²) in [6.45, 7) is 1.84. The third-order valence-electron chi connectivity index (χ3n) is 3.25. The Hall–Kier alpha value is -1.60. The first-order valence-electron chi connectivity index (χ1n) is 6.31. The van der Waals surface area contributed by atoms with E-state index in [1.807, 2.05) is 25.1 Å². The highest BCUT2D eigenvalue weighted by Gasteiger charge is 2.29. The molecule has 21 heavy (non-hydrogen) atoms. The van der Waals surface area contributed by atoms with Crippen molar-refractivity contribution in [1.82, 2.24) is 16.0 Å². The van der Waals surface area contributed by atoms with Crippen LogP contribution in [0.1, 0.15) is 18.5 Å². The van der Waals surface area contributed by atoms with Gasteiger partial charge in [-0.3, -0.25) is 4.79 Å². The van der Waals surface area contributed by atoms with Gasteiger partial charge < -0.3 is 20.7 Å². The van der Waals surface area contributed by atoms with E-state index < -0.39 is 0 Å². The second kappa shape index (κ2) is 6.44. The van der Waals surface area contributed by atoms with Crippen LogP contribution in [0, 0.1) is 0 Å². The Kier molecular flexibility index (Phi) is 4.84. The highest BCUT2D eigenvalue weighted by molar-refractivity contribution is 9.10. The number of methoxy groups -OCH3 is 1. The maximum atomic E-state index is 12.1. The van der Waals surface area contributed by atoms with Gasteiger partial charge in [-0.2, -0.15) is 0 Å². The summed E-state index contributed by atoms with van der Waals surface area (Å²) in [5.41, 5.74) is 2.28. The molecule has 1 aromatic carbocycles. The van der Waals surface area contributed by atoms with Crippen LogP contribution in [-0.2, 0) is 4.79 Å². The predicted molar refractivity (Wildman–Crippen MR) is 89.1 cm³/mol. The molecule has 0 bridgehead atoms. The van der Waals surface area contributed by atoms with Crippen molar-refractivity contribution in [3.8, 4) is 5.75 Å². The fraction of sp³-hybridized carbons (Fsp3) is 0.286. The number of amides is 1. The summed E-state index contributed by atoms with van der Waals surface area (Å²) in [5, 5.41) is 9.27. The van der Waals surface area contributed by atoms with Crippen LogP contribution in [0.3, 0.4) is 0 Å². The molecule has 5 nitrogen and oxygen atoms in total. The van der Waals surface area contributed by atoms with Gasteiger partial charge in [0.15, 0.2) is 5.11 Å². The summed E-state index contributed by atoms with van der Waals surface area (Å²) in [7, 11) is 3.22. The molecule has 0 saturated carbocycles. The Bertz CT molecular complexity index is 631. The summed E-state index contributed by atoms with van der Waals surface area (Å²) in [4.78, 5) is 12.1. The topological polar surface area (TPSA) is 62.4 Å².